The van der Waals surface area contributed by atoms with Crippen LogP contribution in [0.1, 0.15) is 51.5 Å². The molecule has 3 aromatic rings. The standard InChI is InChI=1S/C28H41N3S2/c1-6-30(7-2)28-17-16-27(33-28)26-15-14-25(32-26)13-12-24-18-21-29(22-19-24)20-11-23-31(8-3,9-4)10-5/h12-19,21-22H,6-11,20,23H2,1-5H3/q+2. The minimum Gasteiger partial charge on any atom is -0.364 e. The molecule has 0 bridgehead atoms. The molecule has 33 heavy (non-hydrogen) atoms. The van der Waals surface area contributed by atoms with Crippen LogP contribution in [0.25, 0.3) is 21.9 Å². The second-order valence-corrected chi connectivity index (χ2v) is 10.8. The molecule has 0 aromatic carbocycles. The van der Waals surface area contributed by atoms with Crippen molar-refractivity contribution in [1.82, 2.24) is 0 Å². The average molecular weight is 484 g/mol. The van der Waals surface area contributed by atoms with Gasteiger partial charge in [-0.25, -0.2) is 4.57 Å². The maximum atomic E-state index is 2.41. The smallest absolute Gasteiger partial charge is 0.169 e. The third-order valence-corrected chi connectivity index (χ3v) is 9.35. The van der Waals surface area contributed by atoms with E-state index in [1.165, 1.54) is 62.3 Å². The Morgan fingerprint density at radius 3 is 2.06 bits per heavy atom. The van der Waals surface area contributed by atoms with Crippen LogP contribution in [0, 0.1) is 0 Å². The Morgan fingerprint density at radius 1 is 0.788 bits per heavy atom. The van der Waals surface area contributed by atoms with Gasteiger partial charge in [-0.3, -0.25) is 0 Å². The highest BCUT2D eigenvalue weighted by Gasteiger charge is 2.20. The van der Waals surface area contributed by atoms with Crippen molar-refractivity contribution in [2.24, 2.45) is 0 Å². The van der Waals surface area contributed by atoms with E-state index in [0.717, 1.165) is 19.6 Å². The molecule has 5 heteroatoms. The quantitative estimate of drug-likeness (QED) is 0.187. The molecule has 3 aromatic heterocycles. The Hall–Kier alpha value is -1.95. The minimum absolute atomic E-state index is 1.06. The highest BCUT2D eigenvalue weighted by atomic mass is 32.1. The lowest BCUT2D eigenvalue weighted by atomic mass is 10.2. The van der Waals surface area contributed by atoms with Gasteiger partial charge in [0.2, 0.25) is 0 Å². The molecule has 3 nitrogen and oxygen atoms in total. The SMILES string of the molecule is CCN(CC)c1ccc(-c2ccc(/C=C/c3cc[n+](CCC[N+](CC)(CC)CC)cc3)s2)s1. The van der Waals surface area contributed by atoms with E-state index < -0.39 is 0 Å². The van der Waals surface area contributed by atoms with E-state index in [4.69, 9.17) is 0 Å². The van der Waals surface area contributed by atoms with E-state index in [-0.39, 0.29) is 0 Å². The van der Waals surface area contributed by atoms with Crippen LogP contribution < -0.4 is 9.47 Å². The van der Waals surface area contributed by atoms with Gasteiger partial charge in [0.25, 0.3) is 0 Å². The third-order valence-electron chi connectivity index (χ3n) is 6.95. The Kier molecular flexibility index (Phi) is 9.72. The van der Waals surface area contributed by atoms with E-state index >= 15 is 0 Å². The van der Waals surface area contributed by atoms with Gasteiger partial charge in [0.1, 0.15) is 0 Å². The van der Waals surface area contributed by atoms with Gasteiger partial charge in [-0.05, 0) is 70.5 Å². The lowest BCUT2D eigenvalue weighted by molar-refractivity contribution is -0.925. The topological polar surface area (TPSA) is 7.12 Å². The van der Waals surface area contributed by atoms with Crippen LogP contribution in [-0.4, -0.2) is 43.8 Å². The van der Waals surface area contributed by atoms with Crippen molar-refractivity contribution in [2.45, 2.75) is 47.6 Å². The van der Waals surface area contributed by atoms with Crippen LogP contribution in [-0.2, 0) is 6.54 Å². The Morgan fingerprint density at radius 2 is 1.42 bits per heavy atom. The summed E-state index contributed by atoms with van der Waals surface area (Å²) in [4.78, 5) is 6.42. The predicted octanol–water partition coefficient (Wildman–Crippen LogP) is 7.05. The molecule has 0 N–H and O–H groups in total. The zero-order valence-corrected chi connectivity index (χ0v) is 22.7. The number of nitrogens with zero attached hydrogens (tertiary/aromatic N) is 3. The summed E-state index contributed by atoms with van der Waals surface area (Å²) >= 11 is 3.76. The van der Waals surface area contributed by atoms with Gasteiger partial charge < -0.3 is 9.38 Å². The lowest BCUT2D eigenvalue weighted by Gasteiger charge is -2.35. The van der Waals surface area contributed by atoms with Crippen LogP contribution >= 0.6 is 22.7 Å². The van der Waals surface area contributed by atoms with Crippen molar-refractivity contribution < 1.29 is 9.05 Å². The zero-order valence-electron chi connectivity index (χ0n) is 21.1. The fourth-order valence-corrected chi connectivity index (χ4v) is 6.52. The molecule has 0 saturated carbocycles. The summed E-state index contributed by atoms with van der Waals surface area (Å²) in [6.45, 7) is 19.6. The number of rotatable bonds is 13. The van der Waals surface area contributed by atoms with Gasteiger partial charge in [0.05, 0.1) is 37.6 Å². The first-order valence-electron chi connectivity index (χ1n) is 12.5. The predicted molar refractivity (Wildman–Crippen MR) is 148 cm³/mol. The molecule has 0 spiro atoms. The number of aromatic nitrogens is 1. The fraction of sp³-hybridized carbons (Fsp3) is 0.464. The molecule has 3 heterocycles. The molecule has 0 aliphatic rings. The first-order valence-corrected chi connectivity index (χ1v) is 14.2. The van der Waals surface area contributed by atoms with Crippen LogP contribution in [0.5, 0.6) is 0 Å². The molecule has 3 rings (SSSR count). The number of thiophene rings is 2. The van der Waals surface area contributed by atoms with Crippen LogP contribution in [0.15, 0.2) is 48.8 Å². The van der Waals surface area contributed by atoms with Crippen molar-refractivity contribution in [3.05, 3.63) is 59.2 Å². The number of pyridine rings is 1. The first kappa shape index (κ1) is 25.7. The molecule has 0 amide bonds. The van der Waals surface area contributed by atoms with E-state index in [1.54, 1.807) is 0 Å². The molecule has 0 unspecified atom stereocenters. The summed E-state index contributed by atoms with van der Waals surface area (Å²) in [6.07, 6.45) is 10.1. The Labute approximate surface area is 209 Å². The molecule has 0 fully saturated rings. The van der Waals surface area contributed by atoms with E-state index in [2.05, 4.69) is 105 Å². The fourth-order valence-electron chi connectivity index (χ4n) is 4.38. The second-order valence-electron chi connectivity index (χ2n) is 8.58. The number of hydrogen-bond donors (Lipinski definition) is 0. The van der Waals surface area contributed by atoms with E-state index in [9.17, 15) is 0 Å². The molecule has 0 aliphatic heterocycles. The zero-order chi connectivity index (χ0) is 23.7. The van der Waals surface area contributed by atoms with E-state index in [0.29, 0.717) is 0 Å². The highest BCUT2D eigenvalue weighted by molar-refractivity contribution is 7.24. The number of quaternary nitrogens is 1. The van der Waals surface area contributed by atoms with Gasteiger partial charge in [-0.1, -0.05) is 6.08 Å². The van der Waals surface area contributed by atoms with Crippen molar-refractivity contribution in [3.63, 3.8) is 0 Å². The molecule has 0 radical (unpaired) electrons. The third kappa shape index (κ3) is 6.78. The summed E-state index contributed by atoms with van der Waals surface area (Å²) in [5.74, 6) is 0. The van der Waals surface area contributed by atoms with Crippen molar-refractivity contribution in [1.29, 1.82) is 0 Å². The number of anilines is 1. The highest BCUT2D eigenvalue weighted by Crippen LogP contribution is 2.37. The summed E-state index contributed by atoms with van der Waals surface area (Å²) in [5.41, 5.74) is 1.25. The molecule has 0 aliphatic carbocycles. The maximum Gasteiger partial charge on any atom is 0.169 e. The Bertz CT molecular complexity index is 984. The van der Waals surface area contributed by atoms with Gasteiger partial charge >= 0.3 is 0 Å². The number of hydrogen-bond acceptors (Lipinski definition) is 3. The Balaban J connectivity index is 1.56. The normalized spacial score (nSPS) is 12.0. The first-order chi connectivity index (χ1) is 16.1. The molecular weight excluding hydrogens is 442 g/mol. The monoisotopic (exact) mass is 483 g/mol. The van der Waals surface area contributed by atoms with Crippen LogP contribution in [0.3, 0.4) is 0 Å². The van der Waals surface area contributed by atoms with E-state index in [1.807, 2.05) is 22.7 Å². The molecule has 0 saturated heterocycles. The largest absolute Gasteiger partial charge is 0.364 e. The average Bonchev–Trinajstić information content (AvgIpc) is 3.53. The van der Waals surface area contributed by atoms with Gasteiger partial charge in [0.15, 0.2) is 18.9 Å². The maximum absolute atomic E-state index is 2.41. The molecule has 0 atom stereocenters. The second kappa shape index (κ2) is 12.5. The minimum atomic E-state index is 1.06. The lowest BCUT2D eigenvalue weighted by Crippen LogP contribution is -2.49. The van der Waals surface area contributed by atoms with Crippen molar-refractivity contribution in [2.75, 3.05) is 44.2 Å². The van der Waals surface area contributed by atoms with Gasteiger partial charge in [0, 0.05) is 39.9 Å². The van der Waals surface area contributed by atoms with Crippen LogP contribution in [0.4, 0.5) is 5.00 Å². The molecule has 178 valence electrons. The summed E-state index contributed by atoms with van der Waals surface area (Å²) < 4.78 is 3.55. The van der Waals surface area contributed by atoms with Crippen LogP contribution in [0.2, 0.25) is 0 Å². The summed E-state index contributed by atoms with van der Waals surface area (Å²) in [7, 11) is 0. The number of aryl methyl sites for hydroxylation is 1. The van der Waals surface area contributed by atoms with Gasteiger partial charge in [-0.15, -0.1) is 22.7 Å². The summed E-state index contributed by atoms with van der Waals surface area (Å²) in [6, 6.07) is 13.5. The van der Waals surface area contributed by atoms with Gasteiger partial charge in [-0.2, -0.15) is 0 Å². The molecular formula is C28H41N3S2+2. The van der Waals surface area contributed by atoms with Crippen molar-refractivity contribution >= 4 is 39.8 Å². The van der Waals surface area contributed by atoms with Crippen molar-refractivity contribution in [3.8, 4) is 9.75 Å². The summed E-state index contributed by atoms with van der Waals surface area (Å²) in [5, 5.41) is 1.36.